The molecule has 1 aliphatic rings. The smallest absolute Gasteiger partial charge is 0.249 e. The summed E-state index contributed by atoms with van der Waals surface area (Å²) in [4.78, 5) is 12.8. The summed E-state index contributed by atoms with van der Waals surface area (Å²) in [5.74, 6) is 1.59. The van der Waals surface area contributed by atoms with Gasteiger partial charge in [0.15, 0.2) is 11.9 Å². The van der Waals surface area contributed by atoms with Crippen LogP contribution in [0.15, 0.2) is 36.7 Å². The second-order valence-corrected chi connectivity index (χ2v) is 5.96. The molecule has 9 nitrogen and oxygen atoms in total. The third kappa shape index (κ3) is 3.12. The van der Waals surface area contributed by atoms with Crippen molar-refractivity contribution in [3.05, 3.63) is 53.9 Å². The van der Waals surface area contributed by atoms with Gasteiger partial charge in [-0.25, -0.2) is 4.68 Å². The first-order valence-electron chi connectivity index (χ1n) is 8.29. The van der Waals surface area contributed by atoms with Crippen molar-refractivity contribution in [2.75, 3.05) is 0 Å². The van der Waals surface area contributed by atoms with Crippen LogP contribution in [-0.2, 0) is 24.3 Å². The average molecular weight is 338 g/mol. The molecule has 1 aromatic carbocycles. The third-order valence-electron chi connectivity index (χ3n) is 4.35. The van der Waals surface area contributed by atoms with Gasteiger partial charge >= 0.3 is 0 Å². The molecule has 0 spiro atoms. The summed E-state index contributed by atoms with van der Waals surface area (Å²) in [5, 5.41) is 22.6. The Bertz CT molecular complexity index is 842. The molecule has 0 fully saturated rings. The zero-order chi connectivity index (χ0) is 17.1. The molecular weight excluding hydrogens is 320 g/mol. The Labute approximate surface area is 144 Å². The van der Waals surface area contributed by atoms with Gasteiger partial charge in [-0.1, -0.05) is 30.3 Å². The minimum atomic E-state index is -0.625. The van der Waals surface area contributed by atoms with Crippen molar-refractivity contribution in [1.29, 1.82) is 0 Å². The highest BCUT2D eigenvalue weighted by Crippen LogP contribution is 2.18. The minimum Gasteiger partial charge on any atom is -0.347 e. The first kappa shape index (κ1) is 15.4. The monoisotopic (exact) mass is 338 g/mol. The largest absolute Gasteiger partial charge is 0.347 e. The molecule has 25 heavy (non-hydrogen) atoms. The number of amides is 1. The Kier molecular flexibility index (Phi) is 4.19. The number of aromatic nitrogens is 7. The minimum absolute atomic E-state index is 0.188. The number of tetrazole rings is 1. The lowest BCUT2D eigenvalue weighted by molar-refractivity contribution is -0.123. The van der Waals surface area contributed by atoms with Crippen molar-refractivity contribution in [1.82, 2.24) is 40.3 Å². The molecule has 1 amide bonds. The SMILES string of the molecule is O=C(NCc1nnc2n1CCCC2)[C@H](c1ccccc1)n1cnnn1. The number of aryl methyl sites for hydroxylation is 1. The van der Waals surface area contributed by atoms with E-state index >= 15 is 0 Å². The van der Waals surface area contributed by atoms with Gasteiger partial charge in [0.05, 0.1) is 6.54 Å². The van der Waals surface area contributed by atoms with Crippen LogP contribution >= 0.6 is 0 Å². The number of carbonyl (C=O) groups is 1. The van der Waals surface area contributed by atoms with Gasteiger partial charge in [-0.05, 0) is 28.8 Å². The molecule has 2 aromatic heterocycles. The number of nitrogens with zero attached hydrogens (tertiary/aromatic N) is 7. The highest BCUT2D eigenvalue weighted by molar-refractivity contribution is 5.83. The van der Waals surface area contributed by atoms with Crippen molar-refractivity contribution >= 4 is 5.91 Å². The first-order valence-corrected chi connectivity index (χ1v) is 8.29. The lowest BCUT2D eigenvalue weighted by Gasteiger charge is -2.18. The van der Waals surface area contributed by atoms with Crippen LogP contribution in [0.4, 0.5) is 0 Å². The van der Waals surface area contributed by atoms with E-state index < -0.39 is 6.04 Å². The second-order valence-electron chi connectivity index (χ2n) is 5.96. The van der Waals surface area contributed by atoms with E-state index in [2.05, 4.69) is 35.6 Å². The van der Waals surface area contributed by atoms with Crippen LogP contribution in [0.25, 0.3) is 0 Å². The molecular formula is C16H18N8O. The standard InChI is InChI=1S/C16H18N8O/c25-16(17-10-14-20-19-13-8-4-5-9-23(13)14)15(24-11-18-21-22-24)12-6-2-1-3-7-12/h1-3,6-7,11,15H,4-5,8-10H2,(H,17,25)/t15-/m0/s1. The van der Waals surface area contributed by atoms with E-state index in [4.69, 9.17) is 0 Å². The molecule has 1 aliphatic heterocycles. The molecule has 9 heteroatoms. The fraction of sp³-hybridized carbons (Fsp3) is 0.375. The van der Waals surface area contributed by atoms with Gasteiger partial charge in [0.25, 0.3) is 0 Å². The van der Waals surface area contributed by atoms with Crippen molar-refractivity contribution in [2.24, 2.45) is 0 Å². The van der Waals surface area contributed by atoms with Gasteiger partial charge < -0.3 is 9.88 Å². The van der Waals surface area contributed by atoms with Crippen LogP contribution in [0, 0.1) is 0 Å². The maximum atomic E-state index is 12.8. The topological polar surface area (TPSA) is 103 Å². The summed E-state index contributed by atoms with van der Waals surface area (Å²) < 4.78 is 3.54. The van der Waals surface area contributed by atoms with E-state index in [1.807, 2.05) is 30.3 Å². The molecule has 4 rings (SSSR count). The predicted octanol–water partition coefficient (Wildman–Crippen LogP) is 0.507. The number of carbonyl (C=O) groups excluding carboxylic acids is 1. The number of rotatable bonds is 5. The maximum absolute atomic E-state index is 12.8. The summed E-state index contributed by atoms with van der Waals surface area (Å²) in [7, 11) is 0. The fourth-order valence-corrected chi connectivity index (χ4v) is 3.11. The van der Waals surface area contributed by atoms with Crippen LogP contribution in [0.1, 0.15) is 36.1 Å². The van der Waals surface area contributed by atoms with Crippen LogP contribution in [-0.4, -0.2) is 40.9 Å². The molecule has 0 saturated carbocycles. The zero-order valence-corrected chi connectivity index (χ0v) is 13.6. The van der Waals surface area contributed by atoms with E-state index in [0.29, 0.717) is 6.54 Å². The quantitative estimate of drug-likeness (QED) is 0.727. The molecule has 0 aliphatic carbocycles. The Morgan fingerprint density at radius 1 is 1.20 bits per heavy atom. The third-order valence-corrected chi connectivity index (χ3v) is 4.35. The normalized spacial score (nSPS) is 14.7. The zero-order valence-electron chi connectivity index (χ0n) is 13.6. The molecule has 1 N–H and O–H groups in total. The van der Waals surface area contributed by atoms with E-state index in [1.165, 1.54) is 11.0 Å². The van der Waals surface area contributed by atoms with Gasteiger partial charge in [-0.3, -0.25) is 4.79 Å². The van der Waals surface area contributed by atoms with Crippen molar-refractivity contribution in [2.45, 2.75) is 38.4 Å². The molecule has 0 unspecified atom stereocenters. The molecule has 0 radical (unpaired) electrons. The highest BCUT2D eigenvalue weighted by atomic mass is 16.2. The summed E-state index contributed by atoms with van der Waals surface area (Å²) in [6, 6.07) is 8.81. The fourth-order valence-electron chi connectivity index (χ4n) is 3.11. The number of benzene rings is 1. The van der Waals surface area contributed by atoms with E-state index in [1.54, 1.807) is 0 Å². The van der Waals surface area contributed by atoms with E-state index in [-0.39, 0.29) is 5.91 Å². The number of fused-ring (bicyclic) bond motifs is 1. The molecule has 3 aromatic rings. The lowest BCUT2D eigenvalue weighted by Crippen LogP contribution is -2.34. The summed E-state index contributed by atoms with van der Waals surface area (Å²) >= 11 is 0. The first-order chi connectivity index (χ1) is 12.3. The molecule has 3 heterocycles. The van der Waals surface area contributed by atoms with E-state index in [9.17, 15) is 4.79 Å². The highest BCUT2D eigenvalue weighted by Gasteiger charge is 2.24. The van der Waals surface area contributed by atoms with Crippen LogP contribution in [0.5, 0.6) is 0 Å². The molecule has 1 atom stereocenters. The van der Waals surface area contributed by atoms with Crippen molar-refractivity contribution in [3.63, 3.8) is 0 Å². The van der Waals surface area contributed by atoms with Crippen molar-refractivity contribution < 1.29 is 4.79 Å². The van der Waals surface area contributed by atoms with Gasteiger partial charge in [0.2, 0.25) is 5.91 Å². The predicted molar refractivity (Wildman–Crippen MR) is 87.2 cm³/mol. The number of nitrogens with one attached hydrogen (secondary N) is 1. The van der Waals surface area contributed by atoms with Gasteiger partial charge in [0, 0.05) is 13.0 Å². The van der Waals surface area contributed by atoms with E-state index in [0.717, 1.165) is 43.0 Å². The Hall–Kier alpha value is -3.10. The summed E-state index contributed by atoms with van der Waals surface area (Å²) in [6.07, 6.45) is 4.64. The number of hydrogen-bond acceptors (Lipinski definition) is 6. The van der Waals surface area contributed by atoms with Crippen molar-refractivity contribution in [3.8, 4) is 0 Å². The maximum Gasteiger partial charge on any atom is 0.249 e. The molecule has 128 valence electrons. The van der Waals surface area contributed by atoms with Gasteiger partial charge in [0.1, 0.15) is 12.2 Å². The van der Waals surface area contributed by atoms with Gasteiger partial charge in [-0.15, -0.1) is 15.3 Å². The molecule has 0 saturated heterocycles. The lowest BCUT2D eigenvalue weighted by atomic mass is 10.1. The number of hydrogen-bond donors (Lipinski definition) is 1. The summed E-state index contributed by atoms with van der Waals surface area (Å²) in [5.41, 5.74) is 0.815. The Morgan fingerprint density at radius 2 is 2.08 bits per heavy atom. The molecule has 0 bridgehead atoms. The summed E-state index contributed by atoms with van der Waals surface area (Å²) in [6.45, 7) is 1.24. The Morgan fingerprint density at radius 3 is 2.88 bits per heavy atom. The van der Waals surface area contributed by atoms with Crippen LogP contribution in [0.2, 0.25) is 0 Å². The van der Waals surface area contributed by atoms with Gasteiger partial charge in [-0.2, -0.15) is 0 Å². The Balaban J connectivity index is 1.53. The van der Waals surface area contributed by atoms with Crippen LogP contribution < -0.4 is 5.32 Å². The van der Waals surface area contributed by atoms with Crippen LogP contribution in [0.3, 0.4) is 0 Å². The second kappa shape index (κ2) is 6.80. The average Bonchev–Trinajstić information content (AvgIpc) is 3.31.